The molecule has 154 valence electrons. The molecule has 0 unspecified atom stereocenters. The van der Waals surface area contributed by atoms with E-state index >= 15 is 0 Å². The molecular weight excluding hydrogens is 405 g/mol. The zero-order valence-corrected chi connectivity index (χ0v) is 16.0. The highest BCUT2D eigenvalue weighted by molar-refractivity contribution is 6.14. The van der Waals surface area contributed by atoms with Gasteiger partial charge in [0.15, 0.2) is 0 Å². The number of anilines is 3. The summed E-state index contributed by atoms with van der Waals surface area (Å²) in [5.41, 5.74) is 8.06. The minimum absolute atomic E-state index is 0.0885. The lowest BCUT2D eigenvalue weighted by atomic mass is 10.0. The van der Waals surface area contributed by atoms with E-state index in [0.29, 0.717) is 22.2 Å². The third kappa shape index (κ3) is 3.16. The molecule has 0 atom stereocenters. The smallest absolute Gasteiger partial charge is 0.383 e. The van der Waals surface area contributed by atoms with E-state index in [-0.39, 0.29) is 17.9 Å². The number of rotatable bonds is 2. The van der Waals surface area contributed by atoms with E-state index in [1.165, 1.54) is 6.20 Å². The Morgan fingerprint density at radius 1 is 0.935 bits per heavy atom. The largest absolute Gasteiger partial charge is 0.419 e. The van der Waals surface area contributed by atoms with Gasteiger partial charge in [0.2, 0.25) is 5.91 Å². The molecule has 0 radical (unpaired) electrons. The fraction of sp³-hybridized carbons (Fsp3) is 0.0870. The number of carbonyl (C=O) groups is 1. The second-order valence-electron chi connectivity index (χ2n) is 7.26. The first kappa shape index (κ1) is 19.0. The molecule has 1 amide bonds. The number of benzene rings is 2. The molecule has 4 aromatic rings. The van der Waals surface area contributed by atoms with Gasteiger partial charge in [-0.2, -0.15) is 13.2 Å². The lowest BCUT2D eigenvalue weighted by Gasteiger charge is -2.19. The summed E-state index contributed by atoms with van der Waals surface area (Å²) in [6.07, 6.45) is -1.42. The van der Waals surface area contributed by atoms with Gasteiger partial charge < -0.3 is 5.73 Å². The molecule has 0 spiro atoms. The molecule has 0 bridgehead atoms. The topological polar surface area (TPSA) is 72.1 Å². The third-order valence-electron chi connectivity index (χ3n) is 5.30. The Hall–Kier alpha value is -3.94. The molecule has 0 fully saturated rings. The van der Waals surface area contributed by atoms with Gasteiger partial charge in [-0.3, -0.25) is 14.7 Å². The first-order valence-corrected chi connectivity index (χ1v) is 9.45. The molecule has 31 heavy (non-hydrogen) atoms. The molecule has 8 heteroatoms. The Morgan fingerprint density at radius 3 is 2.45 bits per heavy atom. The summed E-state index contributed by atoms with van der Waals surface area (Å²) in [6, 6.07) is 15.3. The normalized spacial score (nSPS) is 13.6. The maximum absolute atomic E-state index is 13.3. The number of aromatic nitrogens is 2. The summed E-state index contributed by atoms with van der Waals surface area (Å²) in [5.74, 6) is -0.658. The van der Waals surface area contributed by atoms with Gasteiger partial charge in [0.05, 0.1) is 23.2 Å². The van der Waals surface area contributed by atoms with Crippen LogP contribution in [0.1, 0.15) is 11.1 Å². The van der Waals surface area contributed by atoms with Gasteiger partial charge in [-0.05, 0) is 35.9 Å². The Labute approximate surface area is 175 Å². The van der Waals surface area contributed by atoms with Gasteiger partial charge in [-0.1, -0.05) is 24.3 Å². The van der Waals surface area contributed by atoms with Crippen molar-refractivity contribution >= 4 is 34.0 Å². The molecule has 3 heterocycles. The Morgan fingerprint density at radius 2 is 1.71 bits per heavy atom. The molecule has 1 aliphatic rings. The zero-order chi connectivity index (χ0) is 21.8. The van der Waals surface area contributed by atoms with Gasteiger partial charge >= 0.3 is 6.18 Å². The fourth-order valence-corrected chi connectivity index (χ4v) is 3.87. The predicted molar refractivity (Wildman–Crippen MR) is 112 cm³/mol. The minimum atomic E-state index is -4.61. The quantitative estimate of drug-likeness (QED) is 0.489. The number of amides is 1. The van der Waals surface area contributed by atoms with Crippen LogP contribution >= 0.6 is 0 Å². The third-order valence-corrected chi connectivity index (χ3v) is 5.30. The molecule has 0 aliphatic carbocycles. The molecule has 2 aromatic carbocycles. The van der Waals surface area contributed by atoms with Crippen LogP contribution in [-0.2, 0) is 17.4 Å². The summed E-state index contributed by atoms with van der Waals surface area (Å²) >= 11 is 0. The maximum Gasteiger partial charge on any atom is 0.419 e. The minimum Gasteiger partial charge on any atom is -0.383 e. The van der Waals surface area contributed by atoms with Gasteiger partial charge in [-0.15, -0.1) is 0 Å². The van der Waals surface area contributed by atoms with E-state index in [4.69, 9.17) is 5.73 Å². The average Bonchev–Trinajstić information content (AvgIpc) is 3.10. The highest BCUT2D eigenvalue weighted by Crippen LogP contribution is 2.42. The van der Waals surface area contributed by atoms with E-state index < -0.39 is 17.6 Å². The number of fused-ring (bicyclic) bond motifs is 3. The van der Waals surface area contributed by atoms with Crippen LogP contribution in [0.2, 0.25) is 0 Å². The molecule has 1 aliphatic heterocycles. The Bertz CT molecular complexity index is 1340. The highest BCUT2D eigenvalue weighted by atomic mass is 19.4. The van der Waals surface area contributed by atoms with Crippen molar-refractivity contribution in [1.29, 1.82) is 0 Å². The van der Waals surface area contributed by atoms with Crippen LogP contribution in [-0.4, -0.2) is 15.9 Å². The maximum atomic E-state index is 13.3. The van der Waals surface area contributed by atoms with E-state index in [9.17, 15) is 18.0 Å². The second kappa shape index (κ2) is 6.80. The van der Waals surface area contributed by atoms with Crippen molar-refractivity contribution in [2.24, 2.45) is 0 Å². The van der Waals surface area contributed by atoms with Crippen molar-refractivity contribution in [1.82, 2.24) is 9.97 Å². The van der Waals surface area contributed by atoms with Gasteiger partial charge in [0.25, 0.3) is 0 Å². The number of hydrogen-bond acceptors (Lipinski definition) is 4. The standard InChI is InChI=1S/C23H15F3N4O/c24-23(25,26)18-9-14(11-29-22(18)27)13-6-7-19-17(8-13)21-15(12-28-19)10-20(31)30(21)16-4-2-1-3-5-16/h1-9,11-12H,10H2,(H2,27,29). The number of carbonyl (C=O) groups excluding carboxylic acids is 1. The van der Waals surface area contributed by atoms with E-state index in [1.54, 1.807) is 29.3 Å². The van der Waals surface area contributed by atoms with Crippen LogP contribution < -0.4 is 10.6 Å². The SMILES string of the molecule is Nc1ncc(-c2ccc3ncc4c(c3c2)N(c2ccccc2)C(=O)C4)cc1C(F)(F)F. The van der Waals surface area contributed by atoms with Gasteiger partial charge in [0, 0.05) is 34.6 Å². The average molecular weight is 420 g/mol. The number of nitrogens with two attached hydrogens (primary N) is 1. The van der Waals surface area contributed by atoms with Gasteiger partial charge in [-0.25, -0.2) is 4.98 Å². The highest BCUT2D eigenvalue weighted by Gasteiger charge is 2.34. The Kier molecular flexibility index (Phi) is 4.18. The summed E-state index contributed by atoms with van der Waals surface area (Å²) in [5, 5.41) is 0.676. The fourth-order valence-electron chi connectivity index (χ4n) is 3.87. The number of halogens is 3. The van der Waals surface area contributed by atoms with Crippen LogP contribution in [0.3, 0.4) is 0 Å². The van der Waals surface area contributed by atoms with Gasteiger partial charge in [0.1, 0.15) is 5.82 Å². The molecule has 2 aromatic heterocycles. The number of hydrogen-bond donors (Lipinski definition) is 1. The van der Waals surface area contributed by atoms with Crippen molar-refractivity contribution < 1.29 is 18.0 Å². The van der Waals surface area contributed by atoms with Crippen molar-refractivity contribution in [2.45, 2.75) is 12.6 Å². The van der Waals surface area contributed by atoms with Crippen LogP contribution in [0.5, 0.6) is 0 Å². The zero-order valence-electron chi connectivity index (χ0n) is 16.0. The summed E-state index contributed by atoms with van der Waals surface area (Å²) < 4.78 is 39.9. The number of para-hydroxylation sites is 1. The Balaban J connectivity index is 1.70. The van der Waals surface area contributed by atoms with E-state index in [2.05, 4.69) is 9.97 Å². The second-order valence-corrected chi connectivity index (χ2v) is 7.26. The molecule has 0 saturated carbocycles. The van der Waals surface area contributed by atoms with E-state index in [0.717, 1.165) is 17.3 Å². The van der Waals surface area contributed by atoms with Crippen LogP contribution in [0, 0.1) is 0 Å². The number of nitrogen functional groups attached to an aromatic ring is 1. The lowest BCUT2D eigenvalue weighted by Crippen LogP contribution is -2.20. The van der Waals surface area contributed by atoms with E-state index in [1.807, 2.05) is 30.3 Å². The van der Waals surface area contributed by atoms with Crippen LogP contribution in [0.15, 0.2) is 67.0 Å². The molecule has 5 rings (SSSR count). The van der Waals surface area contributed by atoms with Crippen LogP contribution in [0.4, 0.5) is 30.4 Å². The lowest BCUT2D eigenvalue weighted by molar-refractivity contribution is -0.137. The van der Waals surface area contributed by atoms with Crippen molar-refractivity contribution in [2.75, 3.05) is 10.6 Å². The monoisotopic (exact) mass is 420 g/mol. The summed E-state index contributed by atoms with van der Waals surface area (Å²) in [7, 11) is 0. The molecule has 0 saturated heterocycles. The number of pyridine rings is 2. The van der Waals surface area contributed by atoms with Crippen LogP contribution in [0.25, 0.3) is 22.0 Å². The number of alkyl halides is 3. The van der Waals surface area contributed by atoms with Crippen molar-refractivity contribution in [3.05, 3.63) is 78.1 Å². The molecule has 5 nitrogen and oxygen atoms in total. The van der Waals surface area contributed by atoms with Crippen molar-refractivity contribution in [3.63, 3.8) is 0 Å². The first-order chi connectivity index (χ1) is 14.8. The summed E-state index contributed by atoms with van der Waals surface area (Å²) in [6.45, 7) is 0. The summed E-state index contributed by atoms with van der Waals surface area (Å²) in [4.78, 5) is 22.6. The molecular formula is C23H15F3N4O. The first-order valence-electron chi connectivity index (χ1n) is 9.45. The molecule has 2 N–H and O–H groups in total. The predicted octanol–water partition coefficient (Wildman–Crippen LogP) is 5.12. The number of nitrogens with zero attached hydrogens (tertiary/aromatic N) is 3. The van der Waals surface area contributed by atoms with Crippen molar-refractivity contribution in [3.8, 4) is 11.1 Å².